The van der Waals surface area contributed by atoms with E-state index in [9.17, 15) is 9.59 Å². The summed E-state index contributed by atoms with van der Waals surface area (Å²) in [5.74, 6) is 0.0511. The van der Waals surface area contributed by atoms with E-state index in [4.69, 9.17) is 27.9 Å². The van der Waals surface area contributed by atoms with Gasteiger partial charge in [-0.2, -0.15) is 0 Å². The minimum Gasteiger partial charge on any atom is -0.484 e. The maximum Gasteiger partial charge on any atom is 0.261 e. The minimum atomic E-state index is -0.658. The zero-order valence-corrected chi connectivity index (χ0v) is 21.1. The van der Waals surface area contributed by atoms with E-state index in [1.54, 1.807) is 30.3 Å². The molecule has 5 nitrogen and oxygen atoms in total. The highest BCUT2D eigenvalue weighted by Crippen LogP contribution is 2.24. The summed E-state index contributed by atoms with van der Waals surface area (Å²) in [5, 5.41) is 3.79. The highest BCUT2D eigenvalue weighted by atomic mass is 79.9. The van der Waals surface area contributed by atoms with Gasteiger partial charge in [0.05, 0.1) is 10.0 Å². The lowest BCUT2D eigenvalue weighted by atomic mass is 10.1. The van der Waals surface area contributed by atoms with Gasteiger partial charge < -0.3 is 15.0 Å². The van der Waals surface area contributed by atoms with Gasteiger partial charge in [0.15, 0.2) is 6.61 Å². The maximum absolute atomic E-state index is 13.2. The molecule has 0 bridgehead atoms. The van der Waals surface area contributed by atoms with Gasteiger partial charge in [0.1, 0.15) is 11.8 Å². The molecule has 168 valence electrons. The van der Waals surface area contributed by atoms with Crippen LogP contribution in [0.25, 0.3) is 0 Å². The zero-order valence-electron chi connectivity index (χ0n) is 18.0. The van der Waals surface area contributed by atoms with Crippen molar-refractivity contribution in [2.24, 2.45) is 0 Å². The van der Waals surface area contributed by atoms with Crippen LogP contribution in [0.5, 0.6) is 5.75 Å². The molecule has 2 rings (SSSR count). The summed E-state index contributed by atoms with van der Waals surface area (Å²) in [6.45, 7) is 7.59. The third kappa shape index (κ3) is 8.02. The summed E-state index contributed by atoms with van der Waals surface area (Å²) in [4.78, 5) is 27.7. The van der Waals surface area contributed by atoms with Crippen molar-refractivity contribution in [3.05, 3.63) is 62.5 Å². The molecule has 0 aliphatic rings. The lowest BCUT2D eigenvalue weighted by Crippen LogP contribution is -2.54. The van der Waals surface area contributed by atoms with E-state index < -0.39 is 11.6 Å². The number of carbonyl (C=O) groups excluding carboxylic acids is 2. The molecule has 31 heavy (non-hydrogen) atoms. The predicted octanol–water partition coefficient (Wildman–Crippen LogP) is 5.86. The second-order valence-corrected chi connectivity index (χ2v) is 9.91. The molecular formula is C23H27BrCl2N2O3. The summed E-state index contributed by atoms with van der Waals surface area (Å²) in [5.41, 5.74) is 0.352. The molecule has 0 saturated carbocycles. The van der Waals surface area contributed by atoms with Crippen LogP contribution in [0.3, 0.4) is 0 Å². The molecule has 0 heterocycles. The first kappa shape index (κ1) is 25.5. The minimum absolute atomic E-state index is 0.192. The van der Waals surface area contributed by atoms with Crippen molar-refractivity contribution in [1.82, 2.24) is 10.2 Å². The fourth-order valence-corrected chi connectivity index (χ4v) is 3.55. The number of halogens is 3. The molecule has 0 spiro atoms. The van der Waals surface area contributed by atoms with E-state index in [1.165, 1.54) is 4.90 Å². The number of hydrogen-bond donors (Lipinski definition) is 1. The first-order valence-electron chi connectivity index (χ1n) is 9.94. The van der Waals surface area contributed by atoms with Crippen LogP contribution >= 0.6 is 39.1 Å². The summed E-state index contributed by atoms with van der Waals surface area (Å²) in [6, 6.07) is 11.7. The summed E-state index contributed by atoms with van der Waals surface area (Å²) in [6.07, 6.45) is 0.452. The molecule has 1 unspecified atom stereocenters. The molecule has 0 aromatic heterocycles. The number of benzene rings is 2. The van der Waals surface area contributed by atoms with E-state index in [0.717, 1.165) is 10.0 Å². The fraction of sp³-hybridized carbons (Fsp3) is 0.391. The smallest absolute Gasteiger partial charge is 0.261 e. The summed E-state index contributed by atoms with van der Waals surface area (Å²) >= 11 is 15.5. The third-order valence-electron chi connectivity index (χ3n) is 4.40. The number of carbonyl (C=O) groups is 2. The standard InChI is InChI=1S/C23H27BrCl2N2O3/c1-5-20(22(30)27-23(2,3)4)28(13-15-6-11-18(25)19(26)12-15)21(29)14-31-17-9-7-16(24)8-10-17/h6-12,20H,5,13-14H2,1-4H3,(H,27,30). The number of nitrogens with zero attached hydrogens (tertiary/aromatic N) is 1. The third-order valence-corrected chi connectivity index (χ3v) is 5.66. The van der Waals surface area contributed by atoms with E-state index in [2.05, 4.69) is 21.2 Å². The van der Waals surface area contributed by atoms with Gasteiger partial charge in [-0.1, -0.05) is 52.1 Å². The number of amides is 2. The Hall–Kier alpha value is -1.76. The van der Waals surface area contributed by atoms with Gasteiger partial charge >= 0.3 is 0 Å². The topological polar surface area (TPSA) is 58.6 Å². The number of rotatable bonds is 8. The van der Waals surface area contributed by atoms with Gasteiger partial charge in [-0.25, -0.2) is 0 Å². The molecule has 1 atom stereocenters. The average Bonchev–Trinajstić information content (AvgIpc) is 2.68. The van der Waals surface area contributed by atoms with E-state index in [1.807, 2.05) is 39.8 Å². The summed E-state index contributed by atoms with van der Waals surface area (Å²) in [7, 11) is 0. The average molecular weight is 530 g/mol. The highest BCUT2D eigenvalue weighted by molar-refractivity contribution is 9.10. The van der Waals surface area contributed by atoms with Crippen LogP contribution in [0.15, 0.2) is 46.9 Å². The molecule has 2 amide bonds. The number of ether oxygens (including phenoxy) is 1. The summed E-state index contributed by atoms with van der Waals surface area (Å²) < 4.78 is 6.58. The second kappa shape index (κ2) is 11.2. The molecule has 2 aromatic carbocycles. The van der Waals surface area contributed by atoms with Crippen LogP contribution in [0, 0.1) is 0 Å². The Morgan fingerprint density at radius 1 is 1.10 bits per heavy atom. The van der Waals surface area contributed by atoms with Crippen molar-refractivity contribution in [3.63, 3.8) is 0 Å². The molecule has 0 saturated heterocycles. The Bertz CT molecular complexity index is 914. The zero-order chi connectivity index (χ0) is 23.2. The Labute approximate surface area is 202 Å². The number of nitrogens with one attached hydrogen (secondary N) is 1. The molecular weight excluding hydrogens is 503 g/mol. The van der Waals surface area contributed by atoms with Gasteiger partial charge in [0, 0.05) is 16.6 Å². The Balaban J connectivity index is 2.25. The Morgan fingerprint density at radius 3 is 2.29 bits per heavy atom. The molecule has 0 aliphatic carbocycles. The van der Waals surface area contributed by atoms with Gasteiger partial charge in [0.25, 0.3) is 5.91 Å². The van der Waals surface area contributed by atoms with Crippen LogP contribution in [0.4, 0.5) is 0 Å². The van der Waals surface area contributed by atoms with E-state index >= 15 is 0 Å². The first-order valence-corrected chi connectivity index (χ1v) is 11.5. The Morgan fingerprint density at radius 2 is 1.74 bits per heavy atom. The monoisotopic (exact) mass is 528 g/mol. The van der Waals surface area contributed by atoms with Crippen molar-refractivity contribution < 1.29 is 14.3 Å². The van der Waals surface area contributed by atoms with Crippen molar-refractivity contribution >= 4 is 50.9 Å². The lowest BCUT2D eigenvalue weighted by molar-refractivity contribution is -0.143. The SMILES string of the molecule is CCC(C(=O)NC(C)(C)C)N(Cc1ccc(Cl)c(Cl)c1)C(=O)COc1ccc(Br)cc1. The lowest BCUT2D eigenvalue weighted by Gasteiger charge is -2.33. The fourth-order valence-electron chi connectivity index (χ4n) is 2.97. The van der Waals surface area contributed by atoms with Crippen molar-refractivity contribution in [1.29, 1.82) is 0 Å². The van der Waals surface area contributed by atoms with Crippen LogP contribution < -0.4 is 10.1 Å². The van der Waals surface area contributed by atoms with Gasteiger partial charge in [-0.3, -0.25) is 9.59 Å². The van der Waals surface area contributed by atoms with Crippen LogP contribution in [-0.4, -0.2) is 34.9 Å². The van der Waals surface area contributed by atoms with Crippen LogP contribution in [0.2, 0.25) is 10.0 Å². The van der Waals surface area contributed by atoms with Crippen molar-refractivity contribution in [3.8, 4) is 5.75 Å². The molecule has 0 fully saturated rings. The molecule has 2 aromatic rings. The molecule has 8 heteroatoms. The number of hydrogen-bond acceptors (Lipinski definition) is 3. The van der Waals surface area contributed by atoms with Crippen molar-refractivity contribution in [2.45, 2.75) is 52.2 Å². The quantitative estimate of drug-likeness (QED) is 0.466. The van der Waals surface area contributed by atoms with Crippen LogP contribution in [-0.2, 0) is 16.1 Å². The van der Waals surface area contributed by atoms with E-state index in [0.29, 0.717) is 22.2 Å². The maximum atomic E-state index is 13.2. The Kier molecular flexibility index (Phi) is 9.22. The molecule has 1 N–H and O–H groups in total. The van der Waals surface area contributed by atoms with Gasteiger partial charge in [-0.15, -0.1) is 0 Å². The molecule has 0 aliphatic heterocycles. The molecule has 0 radical (unpaired) electrons. The van der Waals surface area contributed by atoms with Gasteiger partial charge in [-0.05, 0) is 69.2 Å². The first-order chi connectivity index (χ1) is 14.5. The van der Waals surface area contributed by atoms with Gasteiger partial charge in [0.2, 0.25) is 5.91 Å². The van der Waals surface area contributed by atoms with Crippen molar-refractivity contribution in [2.75, 3.05) is 6.61 Å². The highest BCUT2D eigenvalue weighted by Gasteiger charge is 2.31. The van der Waals surface area contributed by atoms with E-state index in [-0.39, 0.29) is 25.0 Å². The largest absolute Gasteiger partial charge is 0.484 e. The second-order valence-electron chi connectivity index (χ2n) is 8.18. The normalized spacial score (nSPS) is 12.2. The van der Waals surface area contributed by atoms with Crippen LogP contribution in [0.1, 0.15) is 39.7 Å². The predicted molar refractivity (Wildman–Crippen MR) is 129 cm³/mol.